The molecule has 0 atom stereocenters. The number of nitrogens with zero attached hydrogens (tertiary/aromatic N) is 1. The number of H-pyrrole nitrogens is 2. The molecule has 2 heterocycles. The first-order valence-electron chi connectivity index (χ1n) is 6.55. The van der Waals surface area contributed by atoms with E-state index >= 15 is 0 Å². The molecule has 2 N–H and O–H groups in total. The maximum atomic E-state index is 5.50. The van der Waals surface area contributed by atoms with E-state index in [9.17, 15) is 0 Å². The van der Waals surface area contributed by atoms with Crippen molar-refractivity contribution >= 4 is 51.1 Å². The normalized spacial score (nSPS) is 13.3. The number of aliphatic imine (C=N–C) groups is 1. The molecule has 0 bridgehead atoms. The molecule has 3 aromatic rings. The summed E-state index contributed by atoms with van der Waals surface area (Å²) in [5.74, 6) is 1.44. The first-order chi connectivity index (χ1) is 10.7. The van der Waals surface area contributed by atoms with Gasteiger partial charge < -0.3 is 19.4 Å². The molecule has 1 aliphatic heterocycles. The highest BCUT2D eigenvalue weighted by Gasteiger charge is 2.18. The van der Waals surface area contributed by atoms with Gasteiger partial charge in [0.15, 0.2) is 16.3 Å². The standard InChI is InChI=1S/C15H10BrN3O2S/c16-10-2-4-13-14(21-7-20-13)9(10)6-17-8-1-3-11-12(5-8)19-15(22)18-11/h1-6H,7H2,(H2,18,19,22). The average Bonchev–Trinajstić information content (AvgIpc) is 3.10. The van der Waals surface area contributed by atoms with Crippen LogP contribution >= 0.6 is 28.1 Å². The van der Waals surface area contributed by atoms with E-state index in [1.807, 2.05) is 30.3 Å². The number of imidazole rings is 1. The summed E-state index contributed by atoms with van der Waals surface area (Å²) in [4.78, 5) is 10.7. The van der Waals surface area contributed by atoms with E-state index in [-0.39, 0.29) is 6.79 Å². The maximum Gasteiger partial charge on any atom is 0.231 e. The van der Waals surface area contributed by atoms with Gasteiger partial charge in [-0.2, -0.15) is 0 Å². The molecule has 0 unspecified atom stereocenters. The molecule has 110 valence electrons. The molecule has 4 rings (SSSR count). The molecule has 2 aromatic carbocycles. The van der Waals surface area contributed by atoms with Gasteiger partial charge in [0.05, 0.1) is 22.3 Å². The lowest BCUT2D eigenvalue weighted by Crippen LogP contribution is -1.94. The van der Waals surface area contributed by atoms with Crippen LogP contribution in [-0.2, 0) is 0 Å². The highest BCUT2D eigenvalue weighted by molar-refractivity contribution is 9.10. The number of ether oxygens (including phenoxy) is 2. The smallest absolute Gasteiger partial charge is 0.231 e. The molecule has 22 heavy (non-hydrogen) atoms. The molecule has 1 aromatic heterocycles. The van der Waals surface area contributed by atoms with Gasteiger partial charge in [0, 0.05) is 10.7 Å². The van der Waals surface area contributed by atoms with Crippen LogP contribution in [0.4, 0.5) is 5.69 Å². The van der Waals surface area contributed by atoms with Gasteiger partial charge in [0.1, 0.15) is 0 Å². The fraction of sp³-hybridized carbons (Fsp3) is 0.0667. The minimum Gasteiger partial charge on any atom is -0.454 e. The van der Waals surface area contributed by atoms with E-state index in [4.69, 9.17) is 21.7 Å². The summed E-state index contributed by atoms with van der Waals surface area (Å²) < 4.78 is 12.4. The summed E-state index contributed by atoms with van der Waals surface area (Å²) in [6, 6.07) is 9.59. The Hall–Kier alpha value is -2.12. The highest BCUT2D eigenvalue weighted by atomic mass is 79.9. The maximum absolute atomic E-state index is 5.50. The number of aromatic nitrogens is 2. The van der Waals surface area contributed by atoms with Crippen molar-refractivity contribution in [2.45, 2.75) is 0 Å². The highest BCUT2D eigenvalue weighted by Crippen LogP contribution is 2.38. The number of nitrogens with one attached hydrogen (secondary N) is 2. The van der Waals surface area contributed by atoms with Gasteiger partial charge in [0.25, 0.3) is 0 Å². The van der Waals surface area contributed by atoms with Crippen molar-refractivity contribution in [1.82, 2.24) is 9.97 Å². The summed E-state index contributed by atoms with van der Waals surface area (Å²) >= 11 is 8.60. The van der Waals surface area contributed by atoms with Gasteiger partial charge >= 0.3 is 0 Å². The van der Waals surface area contributed by atoms with Crippen LogP contribution < -0.4 is 9.47 Å². The first-order valence-corrected chi connectivity index (χ1v) is 7.75. The minimum absolute atomic E-state index is 0.235. The van der Waals surface area contributed by atoms with Crippen molar-refractivity contribution in [2.75, 3.05) is 6.79 Å². The third-order valence-electron chi connectivity index (χ3n) is 3.37. The second-order valence-corrected chi connectivity index (χ2v) is 6.02. The lowest BCUT2D eigenvalue weighted by molar-refractivity contribution is 0.174. The van der Waals surface area contributed by atoms with Gasteiger partial charge in [-0.25, -0.2) is 0 Å². The molecule has 0 amide bonds. The number of hydrogen-bond donors (Lipinski definition) is 2. The van der Waals surface area contributed by atoms with Gasteiger partial charge in [-0.05, 0) is 58.5 Å². The van der Waals surface area contributed by atoms with E-state index in [1.165, 1.54) is 0 Å². The molecular formula is C15H10BrN3O2S. The number of halogens is 1. The Bertz CT molecular complexity index is 961. The van der Waals surface area contributed by atoms with Crippen LogP contribution in [0, 0.1) is 4.77 Å². The van der Waals surface area contributed by atoms with Crippen LogP contribution in [0.5, 0.6) is 11.5 Å². The number of fused-ring (bicyclic) bond motifs is 2. The van der Waals surface area contributed by atoms with E-state index in [2.05, 4.69) is 30.9 Å². The lowest BCUT2D eigenvalue weighted by Gasteiger charge is -2.03. The topological polar surface area (TPSA) is 62.4 Å². The zero-order valence-electron chi connectivity index (χ0n) is 11.2. The fourth-order valence-electron chi connectivity index (χ4n) is 2.33. The van der Waals surface area contributed by atoms with Crippen molar-refractivity contribution in [2.24, 2.45) is 4.99 Å². The Kier molecular flexibility index (Phi) is 3.24. The summed E-state index contributed by atoms with van der Waals surface area (Å²) in [5, 5.41) is 0. The lowest BCUT2D eigenvalue weighted by atomic mass is 10.2. The number of hydrogen-bond acceptors (Lipinski definition) is 4. The summed E-state index contributed by atoms with van der Waals surface area (Å²) in [6.45, 7) is 0.235. The third kappa shape index (κ3) is 2.32. The Morgan fingerprint density at radius 2 is 2.00 bits per heavy atom. The van der Waals surface area contributed by atoms with Gasteiger partial charge in [0.2, 0.25) is 6.79 Å². The monoisotopic (exact) mass is 375 g/mol. The quantitative estimate of drug-likeness (QED) is 0.513. The number of benzene rings is 2. The predicted molar refractivity (Wildman–Crippen MR) is 91.0 cm³/mol. The second kappa shape index (κ2) is 5.26. The van der Waals surface area contributed by atoms with Gasteiger partial charge in [-0.1, -0.05) is 0 Å². The number of aromatic amines is 2. The van der Waals surface area contributed by atoms with Crippen LogP contribution in [0.15, 0.2) is 39.8 Å². The predicted octanol–water partition coefficient (Wildman–Crippen LogP) is 4.47. The molecule has 0 aliphatic carbocycles. The number of rotatable bonds is 2. The molecule has 7 heteroatoms. The van der Waals surface area contributed by atoms with Crippen molar-refractivity contribution in [1.29, 1.82) is 0 Å². The molecule has 1 aliphatic rings. The van der Waals surface area contributed by atoms with Crippen LogP contribution in [0.25, 0.3) is 11.0 Å². The third-order valence-corrected chi connectivity index (χ3v) is 4.26. The summed E-state index contributed by atoms with van der Waals surface area (Å²) in [5.41, 5.74) is 3.57. The van der Waals surface area contributed by atoms with E-state index in [0.29, 0.717) is 10.5 Å². The van der Waals surface area contributed by atoms with Gasteiger partial charge in [-0.3, -0.25) is 4.99 Å². The molecule has 5 nitrogen and oxygen atoms in total. The fourth-order valence-corrected chi connectivity index (χ4v) is 2.96. The second-order valence-electron chi connectivity index (χ2n) is 4.76. The van der Waals surface area contributed by atoms with Crippen molar-refractivity contribution < 1.29 is 9.47 Å². The first kappa shape index (κ1) is 13.5. The Labute approximate surface area is 139 Å². The molecule has 0 radical (unpaired) electrons. The van der Waals surface area contributed by atoms with E-state index in [1.54, 1.807) is 6.21 Å². The molecular weight excluding hydrogens is 366 g/mol. The van der Waals surface area contributed by atoms with Crippen molar-refractivity contribution in [3.63, 3.8) is 0 Å². The Balaban J connectivity index is 1.74. The summed E-state index contributed by atoms with van der Waals surface area (Å²) in [7, 11) is 0. The van der Waals surface area contributed by atoms with E-state index in [0.717, 1.165) is 32.5 Å². The van der Waals surface area contributed by atoms with Crippen molar-refractivity contribution in [3.8, 4) is 11.5 Å². The van der Waals surface area contributed by atoms with Crippen LogP contribution in [0.1, 0.15) is 5.56 Å². The zero-order chi connectivity index (χ0) is 15.1. The molecule has 0 saturated carbocycles. The molecule has 0 spiro atoms. The SMILES string of the molecule is S=c1[nH]c2ccc(N=Cc3c(Br)ccc4c3OCO4)cc2[nH]1. The zero-order valence-corrected chi connectivity index (χ0v) is 13.6. The minimum atomic E-state index is 0.235. The van der Waals surface area contributed by atoms with Crippen molar-refractivity contribution in [3.05, 3.63) is 45.1 Å². The Morgan fingerprint density at radius 1 is 1.14 bits per heavy atom. The largest absolute Gasteiger partial charge is 0.454 e. The van der Waals surface area contributed by atoms with Crippen LogP contribution in [-0.4, -0.2) is 23.0 Å². The average molecular weight is 376 g/mol. The molecule has 0 fully saturated rings. The van der Waals surface area contributed by atoms with Crippen LogP contribution in [0.2, 0.25) is 0 Å². The van der Waals surface area contributed by atoms with Crippen LogP contribution in [0.3, 0.4) is 0 Å². The molecule has 0 saturated heterocycles. The van der Waals surface area contributed by atoms with E-state index < -0.39 is 0 Å². The summed E-state index contributed by atoms with van der Waals surface area (Å²) in [6.07, 6.45) is 1.76. The van der Waals surface area contributed by atoms with Gasteiger partial charge in [-0.15, -0.1) is 0 Å². The Morgan fingerprint density at radius 3 is 2.91 bits per heavy atom.